The third-order valence-electron chi connectivity index (χ3n) is 4.15. The molecule has 0 radical (unpaired) electrons. The minimum atomic E-state index is -0.177. The topological polar surface area (TPSA) is 85.7 Å². The highest BCUT2D eigenvalue weighted by Gasteiger charge is 2.32. The first kappa shape index (κ1) is 14.9. The Morgan fingerprint density at radius 3 is 3.08 bits per heavy atom. The highest BCUT2D eigenvalue weighted by molar-refractivity contribution is 6.30. The average molecular weight is 343 g/mol. The molecule has 1 unspecified atom stereocenters. The molecule has 3 heterocycles. The van der Waals surface area contributed by atoms with E-state index in [-0.39, 0.29) is 12.1 Å². The van der Waals surface area contributed by atoms with Gasteiger partial charge < -0.3 is 10.2 Å². The zero-order valence-electron chi connectivity index (χ0n) is 12.7. The number of H-pyrrole nitrogens is 1. The maximum absolute atomic E-state index is 12.5. The smallest absolute Gasteiger partial charge is 0.320 e. The molecular weight excluding hydrogens is 328 g/mol. The number of carbonyl (C=O) groups is 1. The van der Waals surface area contributed by atoms with E-state index < -0.39 is 0 Å². The fourth-order valence-electron chi connectivity index (χ4n) is 2.94. The Bertz CT molecular complexity index is 829. The molecular formula is C16H15ClN6O. The number of aromatic nitrogens is 2. The Kier molecular flexibility index (Phi) is 3.78. The maximum atomic E-state index is 12.5. The number of azo groups is 1. The van der Waals surface area contributed by atoms with Crippen molar-refractivity contribution in [2.45, 2.75) is 12.5 Å². The van der Waals surface area contributed by atoms with Gasteiger partial charge in [0, 0.05) is 42.0 Å². The Labute approximate surface area is 143 Å². The summed E-state index contributed by atoms with van der Waals surface area (Å²) in [4.78, 5) is 14.3. The van der Waals surface area contributed by atoms with Crippen LogP contribution in [0, 0.1) is 0 Å². The Morgan fingerprint density at radius 1 is 1.38 bits per heavy atom. The number of carbonyl (C=O) groups excluding carboxylic acids is 1. The number of hydrogen-bond acceptors (Lipinski definition) is 4. The second-order valence-electron chi connectivity index (χ2n) is 5.71. The van der Waals surface area contributed by atoms with E-state index in [4.69, 9.17) is 11.6 Å². The number of amides is 2. The molecule has 4 rings (SSSR count). The van der Waals surface area contributed by atoms with Crippen molar-refractivity contribution in [1.82, 2.24) is 15.1 Å². The lowest BCUT2D eigenvalue weighted by atomic mass is 9.99. The standard InChI is InChI=1S/C16H15ClN6O/c17-10-2-1-3-11(8-10)19-16(24)23-7-5-13-12(9-23)15(22-21-13)14-4-6-18-20-14/h1-4,6,8,15H,5,7,9H2,(H,18,20)(H,19,24). The van der Waals surface area contributed by atoms with Crippen molar-refractivity contribution < 1.29 is 4.79 Å². The summed E-state index contributed by atoms with van der Waals surface area (Å²) in [7, 11) is 0. The second kappa shape index (κ2) is 6.09. The fourth-order valence-corrected chi connectivity index (χ4v) is 3.13. The number of halogens is 1. The van der Waals surface area contributed by atoms with Gasteiger partial charge in [-0.3, -0.25) is 5.10 Å². The highest BCUT2D eigenvalue weighted by atomic mass is 35.5. The van der Waals surface area contributed by atoms with Crippen LogP contribution in [-0.4, -0.2) is 34.2 Å². The molecule has 0 saturated carbocycles. The van der Waals surface area contributed by atoms with Gasteiger partial charge >= 0.3 is 6.03 Å². The minimum Gasteiger partial charge on any atom is -0.320 e. The van der Waals surface area contributed by atoms with Crippen LogP contribution in [0.15, 0.2) is 58.0 Å². The van der Waals surface area contributed by atoms with Crippen molar-refractivity contribution in [2.75, 3.05) is 18.4 Å². The molecule has 2 amide bonds. The van der Waals surface area contributed by atoms with Crippen LogP contribution < -0.4 is 5.32 Å². The van der Waals surface area contributed by atoms with Crippen LogP contribution in [0.1, 0.15) is 18.2 Å². The third-order valence-corrected chi connectivity index (χ3v) is 4.39. The number of nitrogens with zero attached hydrogens (tertiary/aromatic N) is 4. The van der Waals surface area contributed by atoms with Crippen LogP contribution in [0.4, 0.5) is 10.5 Å². The highest BCUT2D eigenvalue weighted by Crippen LogP contribution is 2.37. The second-order valence-corrected chi connectivity index (χ2v) is 6.15. The zero-order chi connectivity index (χ0) is 16.5. The van der Waals surface area contributed by atoms with Gasteiger partial charge in [0.25, 0.3) is 0 Å². The molecule has 2 aliphatic rings. The van der Waals surface area contributed by atoms with Gasteiger partial charge in [-0.1, -0.05) is 17.7 Å². The predicted octanol–water partition coefficient (Wildman–Crippen LogP) is 3.76. The van der Waals surface area contributed by atoms with Gasteiger partial charge in [0.15, 0.2) is 0 Å². The van der Waals surface area contributed by atoms with Crippen LogP contribution in [0.2, 0.25) is 5.02 Å². The Morgan fingerprint density at radius 2 is 2.29 bits per heavy atom. The Balaban J connectivity index is 1.48. The molecule has 24 heavy (non-hydrogen) atoms. The normalized spacial score (nSPS) is 19.5. The monoisotopic (exact) mass is 342 g/mol. The molecule has 0 spiro atoms. The summed E-state index contributed by atoms with van der Waals surface area (Å²) >= 11 is 5.96. The number of benzene rings is 1. The van der Waals surface area contributed by atoms with E-state index in [2.05, 4.69) is 25.7 Å². The lowest BCUT2D eigenvalue weighted by Gasteiger charge is -2.28. The van der Waals surface area contributed by atoms with Crippen molar-refractivity contribution in [1.29, 1.82) is 0 Å². The number of nitrogens with one attached hydrogen (secondary N) is 2. The summed E-state index contributed by atoms with van der Waals surface area (Å²) in [6.07, 6.45) is 2.39. The van der Waals surface area contributed by atoms with Gasteiger partial charge in [-0.2, -0.15) is 15.3 Å². The van der Waals surface area contributed by atoms with Gasteiger partial charge in [0.1, 0.15) is 6.04 Å². The lowest BCUT2D eigenvalue weighted by Crippen LogP contribution is -2.40. The summed E-state index contributed by atoms with van der Waals surface area (Å²) < 4.78 is 0. The van der Waals surface area contributed by atoms with Gasteiger partial charge in [-0.15, -0.1) is 0 Å². The van der Waals surface area contributed by atoms with E-state index in [9.17, 15) is 4.79 Å². The molecule has 0 aliphatic carbocycles. The fraction of sp³-hybridized carbons (Fsp3) is 0.250. The largest absolute Gasteiger partial charge is 0.322 e. The van der Waals surface area contributed by atoms with Crippen LogP contribution in [0.5, 0.6) is 0 Å². The van der Waals surface area contributed by atoms with Gasteiger partial charge in [-0.05, 0) is 24.3 Å². The number of hydrogen-bond donors (Lipinski definition) is 2. The van der Waals surface area contributed by atoms with Crippen LogP contribution in [0.3, 0.4) is 0 Å². The zero-order valence-corrected chi connectivity index (χ0v) is 13.5. The maximum Gasteiger partial charge on any atom is 0.322 e. The summed E-state index contributed by atoms with van der Waals surface area (Å²) in [6.45, 7) is 1.11. The SMILES string of the molecule is O=C(Nc1cccc(Cl)c1)N1CCC2=C(C1)C(c1ccn[nH]1)N=N2. The Hall–Kier alpha value is -2.67. The van der Waals surface area contributed by atoms with Crippen LogP contribution in [0.25, 0.3) is 0 Å². The van der Waals surface area contributed by atoms with Gasteiger partial charge in [-0.25, -0.2) is 4.79 Å². The van der Waals surface area contributed by atoms with Crippen molar-refractivity contribution >= 4 is 23.3 Å². The molecule has 1 aromatic carbocycles. The first-order valence-corrected chi connectivity index (χ1v) is 8.02. The van der Waals surface area contributed by atoms with E-state index in [0.717, 1.165) is 17.0 Å². The minimum absolute atomic E-state index is 0.154. The summed E-state index contributed by atoms with van der Waals surface area (Å²) in [5.74, 6) is 0. The molecule has 2 aromatic rings. The van der Waals surface area contributed by atoms with Crippen molar-refractivity contribution in [3.8, 4) is 0 Å². The molecule has 0 bridgehead atoms. The molecule has 0 saturated heterocycles. The van der Waals surface area contributed by atoms with Crippen molar-refractivity contribution in [2.24, 2.45) is 10.2 Å². The first-order valence-electron chi connectivity index (χ1n) is 7.64. The van der Waals surface area contributed by atoms with E-state index in [1.165, 1.54) is 0 Å². The summed E-state index contributed by atoms with van der Waals surface area (Å²) in [6, 6.07) is 8.66. The first-order chi connectivity index (χ1) is 11.7. The molecule has 1 aromatic heterocycles. The quantitative estimate of drug-likeness (QED) is 0.870. The molecule has 1 atom stereocenters. The summed E-state index contributed by atoms with van der Waals surface area (Å²) in [5, 5.41) is 18.9. The molecule has 8 heteroatoms. The number of rotatable bonds is 2. The van der Waals surface area contributed by atoms with Crippen molar-refractivity contribution in [3.05, 3.63) is 58.5 Å². The average Bonchev–Trinajstić information content (AvgIpc) is 3.23. The summed E-state index contributed by atoms with van der Waals surface area (Å²) in [5.41, 5.74) is 3.59. The number of anilines is 1. The van der Waals surface area contributed by atoms with E-state index in [1.807, 2.05) is 12.1 Å². The molecule has 7 nitrogen and oxygen atoms in total. The van der Waals surface area contributed by atoms with Crippen LogP contribution in [-0.2, 0) is 0 Å². The van der Waals surface area contributed by atoms with Crippen LogP contribution >= 0.6 is 11.6 Å². The van der Waals surface area contributed by atoms with Crippen molar-refractivity contribution in [3.63, 3.8) is 0 Å². The number of aromatic amines is 1. The molecule has 2 aliphatic heterocycles. The molecule has 122 valence electrons. The number of urea groups is 1. The van der Waals surface area contributed by atoms with Gasteiger partial charge in [0.05, 0.1) is 11.4 Å². The van der Waals surface area contributed by atoms with E-state index in [1.54, 1.807) is 29.3 Å². The molecule has 2 N–H and O–H groups in total. The van der Waals surface area contributed by atoms with E-state index >= 15 is 0 Å². The third kappa shape index (κ3) is 2.78. The lowest BCUT2D eigenvalue weighted by molar-refractivity contribution is 0.213. The predicted molar refractivity (Wildman–Crippen MR) is 89.9 cm³/mol. The molecule has 0 fully saturated rings. The van der Waals surface area contributed by atoms with Gasteiger partial charge in [0.2, 0.25) is 0 Å². The van der Waals surface area contributed by atoms with E-state index in [0.29, 0.717) is 30.2 Å².